The number of furan rings is 1. The molecule has 0 radical (unpaired) electrons. The summed E-state index contributed by atoms with van der Waals surface area (Å²) in [5.41, 5.74) is -9.46. The van der Waals surface area contributed by atoms with Crippen molar-refractivity contribution in [3.8, 4) is 0 Å². The van der Waals surface area contributed by atoms with Gasteiger partial charge < -0.3 is 42.7 Å². The van der Waals surface area contributed by atoms with Gasteiger partial charge in [-0.25, -0.2) is 9.59 Å². The summed E-state index contributed by atoms with van der Waals surface area (Å²) in [4.78, 5) is 54.6. The van der Waals surface area contributed by atoms with Crippen molar-refractivity contribution in [3.63, 3.8) is 0 Å². The van der Waals surface area contributed by atoms with Crippen LogP contribution in [0, 0.1) is 28.1 Å². The number of ether oxygens (including phenoxy) is 7. The van der Waals surface area contributed by atoms with Gasteiger partial charge >= 0.3 is 23.9 Å². The van der Waals surface area contributed by atoms with E-state index in [0.717, 1.165) is 0 Å². The zero-order chi connectivity index (χ0) is 36.9. The summed E-state index contributed by atoms with van der Waals surface area (Å²) in [5.74, 6) is -5.61. The van der Waals surface area contributed by atoms with Crippen molar-refractivity contribution in [3.05, 3.63) is 47.5 Å². The van der Waals surface area contributed by atoms with Crippen LogP contribution in [0.2, 0.25) is 0 Å². The van der Waals surface area contributed by atoms with Crippen molar-refractivity contribution < 1.29 is 61.9 Å². The van der Waals surface area contributed by atoms with Crippen LogP contribution in [0.5, 0.6) is 0 Å². The summed E-state index contributed by atoms with van der Waals surface area (Å²) in [6.45, 7) is 13.9. The van der Waals surface area contributed by atoms with Crippen molar-refractivity contribution >= 4 is 23.9 Å². The second-order valence-corrected chi connectivity index (χ2v) is 16.6. The molecular formula is C38H46O13. The Morgan fingerprint density at radius 1 is 1.12 bits per heavy atom. The van der Waals surface area contributed by atoms with Crippen molar-refractivity contribution in [1.29, 1.82) is 0 Å². The van der Waals surface area contributed by atoms with E-state index in [0.29, 0.717) is 23.1 Å². The predicted octanol–water partition coefficient (Wildman–Crippen LogP) is 4.37. The molecule has 4 saturated carbocycles. The number of aliphatic hydroxyl groups is 1. The Labute approximate surface area is 295 Å². The minimum Gasteiger partial charge on any atom is -0.472 e. The first kappa shape index (κ1) is 34.6. The minimum atomic E-state index is -2.10. The normalized spacial score (nSPS) is 48.5. The second-order valence-electron chi connectivity index (χ2n) is 16.6. The van der Waals surface area contributed by atoms with Crippen molar-refractivity contribution in [1.82, 2.24) is 0 Å². The number of carbonyl (C=O) groups is 4. The number of hydrogen-bond acceptors (Lipinski definition) is 13. The van der Waals surface area contributed by atoms with Crippen LogP contribution < -0.4 is 0 Å². The molecule has 4 bridgehead atoms. The summed E-state index contributed by atoms with van der Waals surface area (Å²) in [6, 6.07) is 1.74. The summed E-state index contributed by atoms with van der Waals surface area (Å²) in [7, 11) is 1.29. The van der Waals surface area contributed by atoms with Gasteiger partial charge in [-0.05, 0) is 50.7 Å². The van der Waals surface area contributed by atoms with Crippen LogP contribution in [-0.2, 0) is 52.3 Å². The molecule has 276 valence electrons. The molecular weight excluding hydrogens is 664 g/mol. The summed E-state index contributed by atoms with van der Waals surface area (Å²) in [6.07, 6.45) is 3.00. The number of fused-ring (bicyclic) bond motifs is 4. The first-order chi connectivity index (χ1) is 23.8. The number of cyclic esters (lactones) is 1. The molecule has 6 fully saturated rings. The SMILES string of the molecule is C/C=C(\C)C(=O)O[C@H]1[C@]2(C)C[C@]3(O)[C@@]1(OC(C)=O)[C@H]1OC4(C(C)C)O[C@@]5(CC[C@]6(C)C(=CC(=O)O[C@H]6c6ccoc6)[C@@]15O4)[C@]3(C)[C@H]2CC(=O)OC. The third-order valence-electron chi connectivity index (χ3n) is 14.3. The first-order valence-corrected chi connectivity index (χ1v) is 17.7. The van der Waals surface area contributed by atoms with Crippen LogP contribution in [0.1, 0.15) is 92.7 Å². The molecule has 1 spiro atoms. The second kappa shape index (κ2) is 10.1. The highest BCUT2D eigenvalue weighted by Crippen LogP contribution is 2.88. The summed E-state index contributed by atoms with van der Waals surface area (Å²) in [5, 5.41) is 13.7. The molecule has 7 aliphatic rings. The Kier molecular flexibility index (Phi) is 6.86. The van der Waals surface area contributed by atoms with Crippen LogP contribution in [0.15, 0.2) is 46.3 Å². The molecule has 1 unspecified atom stereocenters. The maximum absolute atomic E-state index is 13.8. The van der Waals surface area contributed by atoms with Gasteiger partial charge in [-0.3, -0.25) is 9.59 Å². The Hall–Kier alpha value is -3.52. The average Bonchev–Trinajstić information content (AvgIpc) is 3.86. The van der Waals surface area contributed by atoms with Gasteiger partial charge in [0, 0.05) is 52.7 Å². The molecule has 13 nitrogen and oxygen atoms in total. The molecule has 8 rings (SSSR count). The molecule has 1 N–H and O–H groups in total. The number of esters is 4. The van der Waals surface area contributed by atoms with Gasteiger partial charge in [0.2, 0.25) is 5.60 Å². The van der Waals surface area contributed by atoms with Gasteiger partial charge in [-0.1, -0.05) is 40.7 Å². The highest BCUT2D eigenvalue weighted by atomic mass is 17.0. The molecule has 0 amide bonds. The lowest BCUT2D eigenvalue weighted by Crippen LogP contribution is -2.92. The lowest BCUT2D eigenvalue weighted by Gasteiger charge is -2.75. The molecule has 51 heavy (non-hydrogen) atoms. The Morgan fingerprint density at radius 2 is 1.84 bits per heavy atom. The molecule has 2 saturated heterocycles. The fourth-order valence-corrected chi connectivity index (χ4v) is 12.1. The predicted molar refractivity (Wildman–Crippen MR) is 173 cm³/mol. The van der Waals surface area contributed by atoms with Gasteiger partial charge in [0.15, 0.2) is 11.7 Å². The van der Waals surface area contributed by atoms with Crippen LogP contribution in [0.3, 0.4) is 0 Å². The van der Waals surface area contributed by atoms with E-state index in [4.69, 9.17) is 37.6 Å². The van der Waals surface area contributed by atoms with Gasteiger partial charge in [0.05, 0.1) is 19.6 Å². The molecule has 12 atom stereocenters. The van der Waals surface area contributed by atoms with Crippen LogP contribution in [-0.4, -0.2) is 76.7 Å². The Bertz CT molecular complexity index is 1810. The van der Waals surface area contributed by atoms with E-state index in [1.54, 1.807) is 26.0 Å². The fourth-order valence-electron chi connectivity index (χ4n) is 12.1. The van der Waals surface area contributed by atoms with E-state index in [-0.39, 0.29) is 19.3 Å². The van der Waals surface area contributed by atoms with Gasteiger partial charge in [-0.2, -0.15) is 0 Å². The van der Waals surface area contributed by atoms with Gasteiger partial charge in [0.25, 0.3) is 5.97 Å². The number of hydrogen-bond donors (Lipinski definition) is 1. The number of allylic oxidation sites excluding steroid dienone is 1. The molecule has 13 heteroatoms. The Morgan fingerprint density at radius 3 is 2.45 bits per heavy atom. The zero-order valence-electron chi connectivity index (χ0n) is 30.4. The maximum Gasteiger partial charge on any atom is 0.333 e. The van der Waals surface area contributed by atoms with E-state index in [1.165, 1.54) is 32.6 Å². The highest BCUT2D eigenvalue weighted by molar-refractivity contribution is 5.88. The van der Waals surface area contributed by atoms with Crippen LogP contribution in [0.25, 0.3) is 0 Å². The third kappa shape index (κ3) is 3.48. The van der Waals surface area contributed by atoms with Crippen molar-refractivity contribution in [2.24, 2.45) is 28.1 Å². The topological polar surface area (TPSA) is 166 Å². The summed E-state index contributed by atoms with van der Waals surface area (Å²) < 4.78 is 51.2. The summed E-state index contributed by atoms with van der Waals surface area (Å²) >= 11 is 0. The van der Waals surface area contributed by atoms with Crippen LogP contribution in [0.4, 0.5) is 0 Å². The largest absolute Gasteiger partial charge is 0.472 e. The lowest BCUT2D eigenvalue weighted by molar-refractivity contribution is -0.453. The maximum atomic E-state index is 13.8. The number of rotatable bonds is 7. The fraction of sp³-hybridized carbons (Fsp3) is 0.684. The highest BCUT2D eigenvalue weighted by Gasteiger charge is 3.03. The van der Waals surface area contributed by atoms with E-state index in [2.05, 4.69) is 0 Å². The van der Waals surface area contributed by atoms with E-state index >= 15 is 0 Å². The van der Waals surface area contributed by atoms with E-state index < -0.39 is 98.6 Å². The molecule has 4 aliphatic carbocycles. The molecule has 1 aromatic rings. The third-order valence-corrected chi connectivity index (χ3v) is 14.3. The zero-order valence-corrected chi connectivity index (χ0v) is 30.4. The lowest BCUT2D eigenvalue weighted by atomic mass is 9.34. The molecule has 4 heterocycles. The van der Waals surface area contributed by atoms with E-state index in [9.17, 15) is 24.3 Å². The quantitative estimate of drug-likeness (QED) is 0.241. The number of methoxy groups -OCH3 is 1. The van der Waals surface area contributed by atoms with Crippen molar-refractivity contribution in [2.75, 3.05) is 7.11 Å². The minimum absolute atomic E-state index is 0.0377. The van der Waals surface area contributed by atoms with Gasteiger partial charge in [-0.15, -0.1) is 0 Å². The van der Waals surface area contributed by atoms with Gasteiger partial charge in [0.1, 0.15) is 23.4 Å². The monoisotopic (exact) mass is 710 g/mol. The standard InChI is InChI=1S/C38H46O13/c1-10-20(4)28(42)47-29-32(7)18-34(43)33(8,23(32)15-25(40)44-9)35-13-12-31(6)24(16-26(41)46-27(31)22-11-14-45-17-22)36(35)30(37(29,34)48-21(5)39)49-38(50-35,51-36)19(2)3/h10-11,14,16-17,19,23,27,29-30,43H,12-13,15,18H2,1-9H3/b20-10+/t23-,27-,29-,30-,31+,32+,33+,34+,35-,36+,37-,38?/m0/s1. The number of carbonyl (C=O) groups excluding carboxylic acids is 4. The average molecular weight is 711 g/mol. The first-order valence-electron chi connectivity index (χ1n) is 17.7. The molecule has 0 aromatic carbocycles. The smallest absolute Gasteiger partial charge is 0.333 e. The Balaban J connectivity index is 1.48. The van der Waals surface area contributed by atoms with E-state index in [1.807, 2.05) is 34.6 Å². The van der Waals surface area contributed by atoms with Crippen LogP contribution >= 0.6 is 0 Å². The molecule has 3 aliphatic heterocycles. The molecule has 1 aromatic heterocycles. The van der Waals surface area contributed by atoms with Crippen molar-refractivity contribution in [2.45, 2.75) is 128 Å².